The third-order valence-corrected chi connectivity index (χ3v) is 4.72. The lowest BCUT2D eigenvalue weighted by Gasteiger charge is -2.26. The zero-order valence-electron chi connectivity index (χ0n) is 15.3. The number of hydrogen-bond donors (Lipinski definition) is 2. The van der Waals surface area contributed by atoms with Crippen LogP contribution in [0.4, 0.5) is 0 Å². The SMILES string of the molecule is CN=C(NCc1ccnn1C)NCC(c1ccc(C)o1)N1CCCC1. The third kappa shape index (κ3) is 4.42. The molecule has 0 spiro atoms. The molecule has 0 amide bonds. The van der Waals surface area contributed by atoms with Crippen LogP contribution in [0.15, 0.2) is 33.8 Å². The van der Waals surface area contributed by atoms with E-state index in [1.807, 2.05) is 30.8 Å². The summed E-state index contributed by atoms with van der Waals surface area (Å²) in [6, 6.07) is 6.35. The van der Waals surface area contributed by atoms with Gasteiger partial charge in [0.05, 0.1) is 18.3 Å². The maximum atomic E-state index is 5.91. The van der Waals surface area contributed by atoms with Gasteiger partial charge >= 0.3 is 0 Å². The molecule has 7 heteroatoms. The summed E-state index contributed by atoms with van der Waals surface area (Å²) in [4.78, 5) is 6.82. The molecular formula is C18H28N6O. The van der Waals surface area contributed by atoms with Crippen molar-refractivity contribution in [1.29, 1.82) is 0 Å². The summed E-state index contributed by atoms with van der Waals surface area (Å²) < 4.78 is 7.77. The molecule has 1 saturated heterocycles. The van der Waals surface area contributed by atoms with E-state index in [1.54, 1.807) is 13.2 Å². The number of nitrogens with zero attached hydrogens (tertiary/aromatic N) is 4. The summed E-state index contributed by atoms with van der Waals surface area (Å²) in [5, 5.41) is 11.0. The summed E-state index contributed by atoms with van der Waals surface area (Å²) in [6.45, 7) is 5.68. The first-order valence-electron chi connectivity index (χ1n) is 8.89. The highest BCUT2D eigenvalue weighted by molar-refractivity contribution is 5.79. The van der Waals surface area contributed by atoms with Crippen molar-refractivity contribution < 1.29 is 4.42 Å². The molecule has 0 saturated carbocycles. The molecule has 7 nitrogen and oxygen atoms in total. The molecule has 1 atom stereocenters. The van der Waals surface area contributed by atoms with Crippen LogP contribution < -0.4 is 10.6 Å². The van der Waals surface area contributed by atoms with Crippen LogP contribution in [0.5, 0.6) is 0 Å². The summed E-state index contributed by atoms with van der Waals surface area (Å²) >= 11 is 0. The summed E-state index contributed by atoms with van der Waals surface area (Å²) in [7, 11) is 3.73. The van der Waals surface area contributed by atoms with Gasteiger partial charge in [0.2, 0.25) is 0 Å². The number of aliphatic imine (C=N–C) groups is 1. The van der Waals surface area contributed by atoms with E-state index in [9.17, 15) is 0 Å². The lowest BCUT2D eigenvalue weighted by atomic mass is 10.2. The van der Waals surface area contributed by atoms with E-state index in [4.69, 9.17) is 4.42 Å². The highest BCUT2D eigenvalue weighted by Crippen LogP contribution is 2.26. The van der Waals surface area contributed by atoms with E-state index in [1.165, 1.54) is 12.8 Å². The second-order valence-corrected chi connectivity index (χ2v) is 6.46. The first kappa shape index (κ1) is 17.5. The van der Waals surface area contributed by atoms with Gasteiger partial charge in [0, 0.05) is 26.8 Å². The van der Waals surface area contributed by atoms with Crippen LogP contribution in [-0.4, -0.2) is 47.3 Å². The highest BCUT2D eigenvalue weighted by Gasteiger charge is 2.26. The monoisotopic (exact) mass is 344 g/mol. The van der Waals surface area contributed by atoms with Crippen molar-refractivity contribution in [1.82, 2.24) is 25.3 Å². The van der Waals surface area contributed by atoms with Gasteiger partial charge in [-0.1, -0.05) is 0 Å². The van der Waals surface area contributed by atoms with Crippen LogP contribution in [0.1, 0.15) is 36.1 Å². The Kier molecular flexibility index (Phi) is 5.75. The molecule has 3 rings (SSSR count). The van der Waals surface area contributed by atoms with Crippen molar-refractivity contribution >= 4 is 5.96 Å². The quantitative estimate of drug-likeness (QED) is 0.618. The fourth-order valence-electron chi connectivity index (χ4n) is 3.26. The Hall–Kier alpha value is -2.28. The minimum Gasteiger partial charge on any atom is -0.465 e. The standard InChI is InChI=1S/C18H28N6O/c1-14-6-7-17(25-14)16(24-10-4-5-11-24)13-21-18(19-2)20-12-15-8-9-22-23(15)3/h6-9,16H,4-5,10-13H2,1-3H3,(H2,19,20,21). The minimum absolute atomic E-state index is 0.228. The molecule has 2 N–H and O–H groups in total. The second kappa shape index (κ2) is 8.20. The van der Waals surface area contributed by atoms with Crippen LogP contribution in [-0.2, 0) is 13.6 Å². The van der Waals surface area contributed by atoms with Gasteiger partial charge in [0.25, 0.3) is 0 Å². The van der Waals surface area contributed by atoms with Crippen molar-refractivity contribution in [2.45, 2.75) is 32.4 Å². The number of aryl methyl sites for hydroxylation is 2. The molecule has 1 unspecified atom stereocenters. The molecule has 0 aliphatic carbocycles. The molecule has 1 fully saturated rings. The Labute approximate surface area is 149 Å². The first-order valence-corrected chi connectivity index (χ1v) is 8.89. The molecule has 1 aliphatic heterocycles. The van der Waals surface area contributed by atoms with E-state index in [0.29, 0.717) is 6.54 Å². The topological polar surface area (TPSA) is 70.6 Å². The van der Waals surface area contributed by atoms with Gasteiger partial charge in [-0.3, -0.25) is 14.6 Å². The van der Waals surface area contributed by atoms with E-state index in [2.05, 4.69) is 31.7 Å². The Balaban J connectivity index is 1.60. The zero-order valence-corrected chi connectivity index (χ0v) is 15.3. The van der Waals surface area contributed by atoms with Crippen molar-refractivity contribution in [2.24, 2.45) is 12.0 Å². The molecular weight excluding hydrogens is 316 g/mol. The number of guanidine groups is 1. The average Bonchev–Trinajstić information content (AvgIpc) is 3.34. The van der Waals surface area contributed by atoms with Gasteiger partial charge < -0.3 is 15.1 Å². The van der Waals surface area contributed by atoms with Crippen molar-refractivity contribution in [3.63, 3.8) is 0 Å². The number of rotatable bonds is 6. The Bertz CT molecular complexity index is 698. The summed E-state index contributed by atoms with van der Waals surface area (Å²) in [5.41, 5.74) is 1.11. The van der Waals surface area contributed by atoms with Gasteiger partial charge in [-0.05, 0) is 51.1 Å². The van der Waals surface area contributed by atoms with Crippen molar-refractivity contribution in [2.75, 3.05) is 26.7 Å². The Morgan fingerprint density at radius 2 is 2.08 bits per heavy atom. The molecule has 25 heavy (non-hydrogen) atoms. The van der Waals surface area contributed by atoms with E-state index < -0.39 is 0 Å². The number of hydrogen-bond acceptors (Lipinski definition) is 4. The van der Waals surface area contributed by atoms with Crippen molar-refractivity contribution in [3.05, 3.63) is 41.6 Å². The molecule has 0 aromatic carbocycles. The third-order valence-electron chi connectivity index (χ3n) is 4.72. The van der Waals surface area contributed by atoms with Gasteiger partial charge in [0.15, 0.2) is 5.96 Å². The number of likely N-dealkylation sites (tertiary alicyclic amines) is 1. The lowest BCUT2D eigenvalue weighted by molar-refractivity contribution is 0.213. The minimum atomic E-state index is 0.228. The Morgan fingerprint density at radius 1 is 1.28 bits per heavy atom. The maximum Gasteiger partial charge on any atom is 0.191 e. The molecule has 2 aromatic rings. The fourth-order valence-corrected chi connectivity index (χ4v) is 3.26. The summed E-state index contributed by atoms with van der Waals surface area (Å²) in [6.07, 6.45) is 4.31. The average molecular weight is 344 g/mol. The second-order valence-electron chi connectivity index (χ2n) is 6.46. The number of nitrogens with one attached hydrogen (secondary N) is 2. The predicted octanol–water partition coefficient (Wildman–Crippen LogP) is 1.82. The first-order chi connectivity index (χ1) is 12.2. The largest absolute Gasteiger partial charge is 0.465 e. The van der Waals surface area contributed by atoms with Crippen LogP contribution in [0.3, 0.4) is 0 Å². The van der Waals surface area contributed by atoms with Gasteiger partial charge in [-0.15, -0.1) is 0 Å². The molecule has 3 heterocycles. The molecule has 136 valence electrons. The van der Waals surface area contributed by atoms with Crippen LogP contribution in [0.25, 0.3) is 0 Å². The van der Waals surface area contributed by atoms with E-state index in [0.717, 1.165) is 42.8 Å². The number of furan rings is 1. The lowest BCUT2D eigenvalue weighted by Crippen LogP contribution is -2.42. The van der Waals surface area contributed by atoms with E-state index in [-0.39, 0.29) is 6.04 Å². The van der Waals surface area contributed by atoms with Gasteiger partial charge in [0.1, 0.15) is 11.5 Å². The summed E-state index contributed by atoms with van der Waals surface area (Å²) in [5.74, 6) is 2.76. The fraction of sp³-hybridized carbons (Fsp3) is 0.556. The van der Waals surface area contributed by atoms with Crippen LogP contribution in [0, 0.1) is 6.92 Å². The zero-order chi connectivity index (χ0) is 17.6. The molecule has 0 bridgehead atoms. The highest BCUT2D eigenvalue weighted by atomic mass is 16.3. The normalized spacial score (nSPS) is 17.0. The van der Waals surface area contributed by atoms with E-state index >= 15 is 0 Å². The van der Waals surface area contributed by atoms with Gasteiger partial charge in [-0.25, -0.2) is 0 Å². The molecule has 1 aliphatic rings. The van der Waals surface area contributed by atoms with Crippen LogP contribution >= 0.6 is 0 Å². The predicted molar refractivity (Wildman–Crippen MR) is 98.4 cm³/mol. The van der Waals surface area contributed by atoms with Crippen molar-refractivity contribution in [3.8, 4) is 0 Å². The van der Waals surface area contributed by atoms with Gasteiger partial charge in [-0.2, -0.15) is 5.10 Å². The molecule has 2 aromatic heterocycles. The smallest absolute Gasteiger partial charge is 0.191 e. The Morgan fingerprint density at radius 3 is 2.68 bits per heavy atom. The molecule has 0 radical (unpaired) electrons. The van der Waals surface area contributed by atoms with Crippen LogP contribution in [0.2, 0.25) is 0 Å². The number of aromatic nitrogens is 2. The maximum absolute atomic E-state index is 5.91.